The minimum absolute atomic E-state index is 0.259. The van der Waals surface area contributed by atoms with Crippen LogP contribution in [0.1, 0.15) is 13.8 Å². The number of rotatable bonds is 2. The molecule has 1 unspecified atom stereocenters. The average molecular weight is 169 g/mol. The molecule has 1 aliphatic rings. The minimum Gasteiger partial charge on any atom is -0.464 e. The number of esters is 1. The zero-order valence-electron chi connectivity index (χ0n) is 7.09. The molecule has 0 bridgehead atoms. The Hall–Kier alpha value is -1.32. The number of carbonyl (C=O) groups is 2. The third-order valence-corrected chi connectivity index (χ3v) is 1.65. The van der Waals surface area contributed by atoms with Crippen molar-refractivity contribution in [2.24, 2.45) is 0 Å². The topological polar surface area (TPSA) is 55.4 Å². The van der Waals surface area contributed by atoms with Gasteiger partial charge in [-0.25, -0.2) is 4.79 Å². The van der Waals surface area contributed by atoms with E-state index in [1.165, 1.54) is 12.2 Å². The van der Waals surface area contributed by atoms with E-state index in [2.05, 4.69) is 5.32 Å². The summed E-state index contributed by atoms with van der Waals surface area (Å²) in [4.78, 5) is 22.0. The molecule has 0 aromatic carbocycles. The molecule has 12 heavy (non-hydrogen) atoms. The quantitative estimate of drug-likeness (QED) is 0.592. The van der Waals surface area contributed by atoms with Crippen LogP contribution in [-0.2, 0) is 14.3 Å². The molecule has 0 fully saturated rings. The highest BCUT2D eigenvalue weighted by molar-refractivity contribution is 5.99. The summed E-state index contributed by atoms with van der Waals surface area (Å²) in [5, 5.41) is 2.49. The summed E-state index contributed by atoms with van der Waals surface area (Å²) in [6, 6.07) is 0. The van der Waals surface area contributed by atoms with E-state index < -0.39 is 11.5 Å². The van der Waals surface area contributed by atoms with Gasteiger partial charge in [0.15, 0.2) is 5.54 Å². The molecule has 1 rings (SSSR count). The highest BCUT2D eigenvalue weighted by atomic mass is 16.5. The molecule has 0 radical (unpaired) electrons. The predicted molar refractivity (Wildman–Crippen MR) is 42.3 cm³/mol. The zero-order valence-corrected chi connectivity index (χ0v) is 7.09. The van der Waals surface area contributed by atoms with Gasteiger partial charge in [-0.2, -0.15) is 0 Å². The molecular weight excluding hydrogens is 158 g/mol. The maximum atomic E-state index is 11.2. The first kappa shape index (κ1) is 8.77. The largest absolute Gasteiger partial charge is 0.464 e. The Morgan fingerprint density at radius 3 is 2.83 bits per heavy atom. The maximum absolute atomic E-state index is 11.2. The molecule has 66 valence electrons. The van der Waals surface area contributed by atoms with E-state index in [0.717, 1.165) is 0 Å². The van der Waals surface area contributed by atoms with Crippen LogP contribution in [0, 0.1) is 0 Å². The molecular formula is C8H11NO3. The number of nitrogens with one attached hydrogen (secondary N) is 1. The van der Waals surface area contributed by atoms with E-state index in [-0.39, 0.29) is 5.91 Å². The van der Waals surface area contributed by atoms with Crippen LogP contribution in [0.25, 0.3) is 0 Å². The van der Waals surface area contributed by atoms with Crippen molar-refractivity contribution in [1.29, 1.82) is 0 Å². The molecule has 0 saturated heterocycles. The highest BCUT2D eigenvalue weighted by Crippen LogP contribution is 2.13. The second-order valence-corrected chi connectivity index (χ2v) is 2.75. The first-order valence-corrected chi connectivity index (χ1v) is 3.77. The number of carbonyl (C=O) groups excluding carboxylic acids is 2. The molecule has 1 amide bonds. The summed E-state index contributed by atoms with van der Waals surface area (Å²) in [5.74, 6) is -0.683. The molecule has 4 heteroatoms. The third-order valence-electron chi connectivity index (χ3n) is 1.65. The minimum atomic E-state index is -0.965. The fourth-order valence-corrected chi connectivity index (χ4v) is 0.982. The summed E-state index contributed by atoms with van der Waals surface area (Å²) in [5.41, 5.74) is -0.965. The van der Waals surface area contributed by atoms with Gasteiger partial charge in [-0.15, -0.1) is 0 Å². The lowest BCUT2D eigenvalue weighted by atomic mass is 10.1. The van der Waals surface area contributed by atoms with Gasteiger partial charge in [0.25, 0.3) is 0 Å². The van der Waals surface area contributed by atoms with Crippen LogP contribution in [0.5, 0.6) is 0 Å². The standard InChI is InChI=1S/C8H11NO3/c1-3-12-7(11)8(2)5-4-6(10)9-8/h4-5H,3H2,1-2H3,(H,9,10). The Labute approximate surface area is 70.6 Å². The van der Waals surface area contributed by atoms with Gasteiger partial charge in [-0.1, -0.05) is 0 Å². The monoisotopic (exact) mass is 169 g/mol. The normalized spacial score (nSPS) is 27.0. The molecule has 1 aliphatic heterocycles. The Balaban J connectivity index is 2.68. The SMILES string of the molecule is CCOC(=O)C1(C)C=CC(=O)N1. The molecule has 0 aromatic rings. The molecule has 1 N–H and O–H groups in total. The molecule has 1 atom stereocenters. The van der Waals surface area contributed by atoms with E-state index in [0.29, 0.717) is 6.61 Å². The fraction of sp³-hybridized carbons (Fsp3) is 0.500. The van der Waals surface area contributed by atoms with Gasteiger partial charge < -0.3 is 10.1 Å². The second kappa shape index (κ2) is 2.97. The summed E-state index contributed by atoms with van der Waals surface area (Å²) >= 11 is 0. The van der Waals surface area contributed by atoms with E-state index in [4.69, 9.17) is 4.74 Å². The van der Waals surface area contributed by atoms with Crippen LogP contribution in [0.2, 0.25) is 0 Å². The average Bonchev–Trinajstić information content (AvgIpc) is 2.33. The number of hydrogen-bond acceptors (Lipinski definition) is 3. The van der Waals surface area contributed by atoms with Gasteiger partial charge in [0.2, 0.25) is 5.91 Å². The molecule has 4 nitrogen and oxygen atoms in total. The second-order valence-electron chi connectivity index (χ2n) is 2.75. The molecule has 0 saturated carbocycles. The molecule has 0 spiro atoms. The lowest BCUT2D eigenvalue weighted by Gasteiger charge is -2.19. The summed E-state index contributed by atoms with van der Waals surface area (Å²) in [6.07, 6.45) is 2.84. The Bertz CT molecular complexity index is 247. The van der Waals surface area contributed by atoms with Crippen LogP contribution in [-0.4, -0.2) is 24.0 Å². The van der Waals surface area contributed by atoms with Gasteiger partial charge >= 0.3 is 5.97 Å². The van der Waals surface area contributed by atoms with E-state index in [1.807, 2.05) is 0 Å². The van der Waals surface area contributed by atoms with Gasteiger partial charge in [0.05, 0.1) is 6.61 Å². The molecule has 0 aromatic heterocycles. The number of ether oxygens (including phenoxy) is 1. The number of amides is 1. The van der Waals surface area contributed by atoms with Gasteiger partial charge in [0, 0.05) is 6.08 Å². The van der Waals surface area contributed by atoms with Crippen molar-refractivity contribution in [3.8, 4) is 0 Å². The smallest absolute Gasteiger partial charge is 0.335 e. The summed E-state index contributed by atoms with van der Waals surface area (Å²) < 4.78 is 4.77. The van der Waals surface area contributed by atoms with E-state index >= 15 is 0 Å². The van der Waals surface area contributed by atoms with Gasteiger partial charge in [-0.05, 0) is 19.9 Å². The van der Waals surface area contributed by atoms with Gasteiger partial charge in [-0.3, -0.25) is 4.79 Å². The Kier molecular flexibility index (Phi) is 2.17. The van der Waals surface area contributed by atoms with Crippen molar-refractivity contribution in [3.63, 3.8) is 0 Å². The van der Waals surface area contributed by atoms with E-state index in [1.54, 1.807) is 13.8 Å². The van der Waals surface area contributed by atoms with Crippen molar-refractivity contribution in [2.75, 3.05) is 6.61 Å². The van der Waals surface area contributed by atoms with Crippen LogP contribution >= 0.6 is 0 Å². The maximum Gasteiger partial charge on any atom is 0.335 e. The summed E-state index contributed by atoms with van der Waals surface area (Å²) in [7, 11) is 0. The fourth-order valence-electron chi connectivity index (χ4n) is 0.982. The predicted octanol–water partition coefficient (Wildman–Crippen LogP) is -0.00580. The third kappa shape index (κ3) is 1.47. The van der Waals surface area contributed by atoms with Crippen molar-refractivity contribution in [3.05, 3.63) is 12.2 Å². The lowest BCUT2D eigenvalue weighted by molar-refractivity contribution is -0.149. The van der Waals surface area contributed by atoms with Crippen molar-refractivity contribution in [1.82, 2.24) is 5.32 Å². The zero-order chi connectivity index (χ0) is 9.19. The first-order valence-electron chi connectivity index (χ1n) is 3.77. The summed E-state index contributed by atoms with van der Waals surface area (Å²) in [6.45, 7) is 3.65. The van der Waals surface area contributed by atoms with Crippen LogP contribution < -0.4 is 5.32 Å². The Morgan fingerprint density at radius 1 is 1.75 bits per heavy atom. The van der Waals surface area contributed by atoms with Crippen LogP contribution in [0.15, 0.2) is 12.2 Å². The first-order chi connectivity index (χ1) is 5.58. The number of hydrogen-bond donors (Lipinski definition) is 1. The molecule has 0 aliphatic carbocycles. The highest BCUT2D eigenvalue weighted by Gasteiger charge is 2.36. The van der Waals surface area contributed by atoms with Crippen molar-refractivity contribution in [2.45, 2.75) is 19.4 Å². The van der Waals surface area contributed by atoms with Crippen molar-refractivity contribution < 1.29 is 14.3 Å². The molecule has 1 heterocycles. The van der Waals surface area contributed by atoms with E-state index in [9.17, 15) is 9.59 Å². The Morgan fingerprint density at radius 2 is 2.42 bits per heavy atom. The van der Waals surface area contributed by atoms with Crippen LogP contribution in [0.4, 0.5) is 0 Å². The lowest BCUT2D eigenvalue weighted by Crippen LogP contribution is -2.47. The van der Waals surface area contributed by atoms with Gasteiger partial charge in [0.1, 0.15) is 0 Å². The van der Waals surface area contributed by atoms with Crippen LogP contribution in [0.3, 0.4) is 0 Å². The van der Waals surface area contributed by atoms with Crippen molar-refractivity contribution >= 4 is 11.9 Å².